The molecule has 0 saturated carbocycles. The van der Waals surface area contributed by atoms with Gasteiger partial charge in [0, 0.05) is 6.07 Å². The predicted octanol–water partition coefficient (Wildman–Crippen LogP) is 1.52. The zero-order chi connectivity index (χ0) is 13.4. The Morgan fingerprint density at radius 1 is 1.28 bits per heavy atom. The fourth-order valence-corrected chi connectivity index (χ4v) is 2.06. The summed E-state index contributed by atoms with van der Waals surface area (Å²) in [5.74, 6) is -0.591. The monoisotopic (exact) mass is 248 g/mol. The Kier molecular flexibility index (Phi) is 2.86. The lowest BCUT2D eigenvalue weighted by Gasteiger charge is -2.18. The van der Waals surface area contributed by atoms with E-state index < -0.39 is 4.92 Å². The smallest absolute Gasteiger partial charge is 0.293 e. The highest BCUT2D eigenvalue weighted by Crippen LogP contribution is 2.35. The molecule has 1 saturated heterocycles. The molecule has 0 aliphatic carbocycles. The van der Waals surface area contributed by atoms with Gasteiger partial charge in [0.2, 0.25) is 5.91 Å². The Morgan fingerprint density at radius 3 is 2.44 bits per heavy atom. The Morgan fingerprint density at radius 2 is 1.94 bits per heavy atom. The number of nitrogens with zero attached hydrogens (tertiary/aromatic N) is 2. The minimum absolute atomic E-state index is 0.0794. The van der Waals surface area contributed by atoms with E-state index in [4.69, 9.17) is 0 Å². The number of ketones is 1. The van der Waals surface area contributed by atoms with Crippen molar-refractivity contribution in [3.8, 4) is 0 Å². The largest absolute Gasteiger partial charge is 0.298 e. The first kappa shape index (κ1) is 12.2. The zero-order valence-corrected chi connectivity index (χ0v) is 10.1. The van der Waals surface area contributed by atoms with Gasteiger partial charge in [-0.05, 0) is 25.0 Å². The summed E-state index contributed by atoms with van der Waals surface area (Å²) in [5.41, 5.74) is 1.62. The van der Waals surface area contributed by atoms with Gasteiger partial charge in [-0.3, -0.25) is 24.6 Å². The summed E-state index contributed by atoms with van der Waals surface area (Å²) in [6.45, 7) is 3.45. The van der Waals surface area contributed by atoms with Crippen molar-refractivity contribution in [2.24, 2.45) is 0 Å². The number of nitro benzene ring substituents is 1. The molecule has 1 fully saturated rings. The molecule has 0 spiro atoms. The number of Topliss-reactive ketones (excluding diaryl/α,β-unsaturated/α-hetero) is 1. The van der Waals surface area contributed by atoms with E-state index in [0.29, 0.717) is 5.56 Å². The second-order valence-electron chi connectivity index (χ2n) is 4.33. The van der Waals surface area contributed by atoms with Gasteiger partial charge in [-0.15, -0.1) is 0 Å². The third kappa shape index (κ3) is 1.85. The van der Waals surface area contributed by atoms with E-state index in [2.05, 4.69) is 0 Å². The molecule has 1 aliphatic heterocycles. The van der Waals surface area contributed by atoms with E-state index in [1.54, 1.807) is 13.0 Å². The van der Waals surface area contributed by atoms with Gasteiger partial charge in [0.15, 0.2) is 5.78 Å². The van der Waals surface area contributed by atoms with Crippen molar-refractivity contribution in [3.63, 3.8) is 0 Å². The lowest BCUT2D eigenvalue weighted by atomic mass is 10.1. The van der Waals surface area contributed by atoms with Crippen molar-refractivity contribution >= 4 is 23.1 Å². The minimum Gasteiger partial charge on any atom is -0.298 e. The first-order valence-corrected chi connectivity index (χ1v) is 5.48. The molecule has 0 aromatic heterocycles. The van der Waals surface area contributed by atoms with Crippen molar-refractivity contribution in [2.75, 3.05) is 11.4 Å². The molecule has 0 atom stereocenters. The number of carbonyl (C=O) groups excluding carboxylic acids is 2. The molecule has 1 aliphatic rings. The number of anilines is 1. The Hall–Kier alpha value is -2.24. The first-order valence-electron chi connectivity index (χ1n) is 5.48. The molecule has 1 amide bonds. The highest BCUT2D eigenvalue weighted by atomic mass is 16.6. The fourth-order valence-electron chi connectivity index (χ4n) is 2.06. The molecule has 0 bridgehead atoms. The van der Waals surface area contributed by atoms with Gasteiger partial charge in [-0.2, -0.15) is 0 Å². The summed E-state index contributed by atoms with van der Waals surface area (Å²) < 4.78 is 0. The zero-order valence-electron chi connectivity index (χ0n) is 10.1. The molecule has 1 heterocycles. The number of carbonyl (C=O) groups is 2. The number of nitro groups is 1. The third-order valence-electron chi connectivity index (χ3n) is 3.13. The summed E-state index contributed by atoms with van der Waals surface area (Å²) in [7, 11) is 0. The molecule has 1 aromatic rings. The van der Waals surface area contributed by atoms with Gasteiger partial charge in [-0.1, -0.05) is 6.07 Å². The van der Waals surface area contributed by atoms with E-state index in [-0.39, 0.29) is 36.0 Å². The Bertz CT molecular complexity index is 565. The van der Waals surface area contributed by atoms with Crippen LogP contribution in [0.5, 0.6) is 0 Å². The van der Waals surface area contributed by atoms with Gasteiger partial charge < -0.3 is 0 Å². The number of aryl methyl sites for hydroxylation is 1. The number of amides is 1. The SMILES string of the molecule is Cc1ccc([N+](=O)[O-])c(N2CC(=O)CC2=O)c1C. The van der Waals surface area contributed by atoms with Crippen LogP contribution in [0.25, 0.3) is 0 Å². The number of rotatable bonds is 2. The van der Waals surface area contributed by atoms with Crippen LogP contribution < -0.4 is 4.90 Å². The Labute approximate surface area is 103 Å². The maximum atomic E-state index is 11.7. The fraction of sp³-hybridized carbons (Fsp3) is 0.333. The molecule has 6 heteroatoms. The standard InChI is InChI=1S/C12H12N2O4/c1-7-3-4-10(14(17)18)12(8(7)2)13-6-9(15)5-11(13)16/h3-4H,5-6H2,1-2H3. The number of hydrogen-bond acceptors (Lipinski definition) is 4. The average Bonchev–Trinajstić information content (AvgIpc) is 2.61. The highest BCUT2D eigenvalue weighted by Gasteiger charge is 2.34. The summed E-state index contributed by atoms with van der Waals surface area (Å²) >= 11 is 0. The lowest BCUT2D eigenvalue weighted by Crippen LogP contribution is -2.26. The summed E-state index contributed by atoms with van der Waals surface area (Å²) in [5, 5.41) is 11.0. The van der Waals surface area contributed by atoms with Gasteiger partial charge in [0.25, 0.3) is 5.69 Å². The molecule has 0 radical (unpaired) electrons. The molecule has 0 unspecified atom stereocenters. The second-order valence-corrected chi connectivity index (χ2v) is 4.33. The molecule has 6 nitrogen and oxygen atoms in total. The minimum atomic E-state index is -0.530. The summed E-state index contributed by atoms with van der Waals surface area (Å²) in [6.07, 6.45) is -0.176. The van der Waals surface area contributed by atoms with Crippen molar-refractivity contribution in [2.45, 2.75) is 20.3 Å². The van der Waals surface area contributed by atoms with Crippen LogP contribution in [0, 0.1) is 24.0 Å². The van der Waals surface area contributed by atoms with E-state index in [9.17, 15) is 19.7 Å². The van der Waals surface area contributed by atoms with Crippen LogP contribution in [-0.2, 0) is 9.59 Å². The maximum absolute atomic E-state index is 11.7. The maximum Gasteiger partial charge on any atom is 0.293 e. The molecular weight excluding hydrogens is 236 g/mol. The lowest BCUT2D eigenvalue weighted by molar-refractivity contribution is -0.384. The summed E-state index contributed by atoms with van der Waals surface area (Å²) in [4.78, 5) is 34.7. The van der Waals surface area contributed by atoms with Crippen LogP contribution in [0.15, 0.2) is 12.1 Å². The normalized spacial score (nSPS) is 15.3. The molecule has 1 aromatic carbocycles. The molecule has 18 heavy (non-hydrogen) atoms. The van der Waals surface area contributed by atoms with E-state index in [1.807, 2.05) is 6.92 Å². The molecule has 94 valence electrons. The van der Waals surface area contributed by atoms with E-state index in [0.717, 1.165) is 5.56 Å². The van der Waals surface area contributed by atoms with E-state index in [1.165, 1.54) is 11.0 Å². The summed E-state index contributed by atoms with van der Waals surface area (Å²) in [6, 6.07) is 3.01. The third-order valence-corrected chi connectivity index (χ3v) is 3.13. The van der Waals surface area contributed by atoms with E-state index >= 15 is 0 Å². The van der Waals surface area contributed by atoms with Crippen molar-refractivity contribution in [3.05, 3.63) is 33.4 Å². The second kappa shape index (κ2) is 4.21. The van der Waals surface area contributed by atoms with Crippen LogP contribution in [-0.4, -0.2) is 23.2 Å². The van der Waals surface area contributed by atoms with Crippen molar-refractivity contribution in [1.82, 2.24) is 0 Å². The van der Waals surface area contributed by atoms with Gasteiger partial charge in [0.05, 0.1) is 17.9 Å². The van der Waals surface area contributed by atoms with Gasteiger partial charge >= 0.3 is 0 Å². The van der Waals surface area contributed by atoms with Crippen molar-refractivity contribution < 1.29 is 14.5 Å². The van der Waals surface area contributed by atoms with Crippen LogP contribution in [0.1, 0.15) is 17.5 Å². The molecule has 0 N–H and O–H groups in total. The van der Waals surface area contributed by atoms with Crippen LogP contribution in [0.3, 0.4) is 0 Å². The van der Waals surface area contributed by atoms with Crippen LogP contribution in [0.4, 0.5) is 11.4 Å². The van der Waals surface area contributed by atoms with Crippen LogP contribution >= 0.6 is 0 Å². The van der Waals surface area contributed by atoms with Gasteiger partial charge in [0.1, 0.15) is 5.69 Å². The first-order chi connectivity index (χ1) is 8.41. The molecule has 2 rings (SSSR count). The van der Waals surface area contributed by atoms with Crippen molar-refractivity contribution in [1.29, 1.82) is 0 Å². The average molecular weight is 248 g/mol. The van der Waals surface area contributed by atoms with Gasteiger partial charge in [-0.25, -0.2) is 0 Å². The molecular formula is C12H12N2O4. The predicted molar refractivity (Wildman–Crippen MR) is 64.5 cm³/mol. The number of hydrogen-bond donors (Lipinski definition) is 0. The quantitative estimate of drug-likeness (QED) is 0.451. The topological polar surface area (TPSA) is 80.5 Å². The number of benzene rings is 1. The van der Waals surface area contributed by atoms with Crippen LogP contribution in [0.2, 0.25) is 0 Å². The Balaban J connectivity index is 2.61. The highest BCUT2D eigenvalue weighted by molar-refractivity contribution is 6.16.